The van der Waals surface area contributed by atoms with E-state index in [1.54, 1.807) is 7.05 Å². The van der Waals surface area contributed by atoms with Gasteiger partial charge in [-0.05, 0) is 19.5 Å². The molecule has 0 amide bonds. The summed E-state index contributed by atoms with van der Waals surface area (Å²) >= 11 is 0. The largest absolute Gasteiger partial charge is 0.310 e. The van der Waals surface area contributed by atoms with Gasteiger partial charge in [0, 0.05) is 12.8 Å². The molecule has 0 radical (unpaired) electrons. The molecule has 1 aliphatic carbocycles. The maximum absolute atomic E-state index is 13.0. The average Bonchev–Trinajstić information content (AvgIpc) is 2.13. The van der Waals surface area contributed by atoms with Crippen LogP contribution in [0.15, 0.2) is 24.3 Å². The molecule has 0 spiro atoms. The molecule has 1 N–H and O–H groups in total. The van der Waals surface area contributed by atoms with Gasteiger partial charge in [0.05, 0.1) is 5.54 Å². The molecule has 82 valence electrons. The van der Waals surface area contributed by atoms with Crippen molar-refractivity contribution in [1.29, 1.82) is 0 Å². The molecule has 2 rings (SSSR count). The molecule has 1 aromatic carbocycles. The molecule has 0 bridgehead atoms. The van der Waals surface area contributed by atoms with Crippen LogP contribution in [0.25, 0.3) is 0 Å². The molecule has 1 aromatic rings. The highest BCUT2D eigenvalue weighted by atomic mass is 19.3. The van der Waals surface area contributed by atoms with E-state index >= 15 is 0 Å². The third-order valence-electron chi connectivity index (χ3n) is 3.17. The minimum Gasteiger partial charge on any atom is -0.310 e. The van der Waals surface area contributed by atoms with Gasteiger partial charge in [-0.15, -0.1) is 0 Å². The zero-order chi connectivity index (χ0) is 11.1. The van der Waals surface area contributed by atoms with E-state index in [1.807, 2.05) is 31.2 Å². The topological polar surface area (TPSA) is 12.0 Å². The summed E-state index contributed by atoms with van der Waals surface area (Å²) < 4.78 is 25.9. The van der Waals surface area contributed by atoms with Crippen LogP contribution in [0, 0.1) is 6.92 Å². The maximum Gasteiger partial charge on any atom is 0.252 e. The van der Waals surface area contributed by atoms with Crippen molar-refractivity contribution in [2.24, 2.45) is 0 Å². The van der Waals surface area contributed by atoms with Crippen molar-refractivity contribution >= 4 is 0 Å². The standard InChI is InChI=1S/C12H15F2N/c1-9-4-3-5-10(6-9)11(15-2)7-12(13,14)8-11/h3-6,15H,7-8H2,1-2H3. The van der Waals surface area contributed by atoms with Crippen LogP contribution in [0.4, 0.5) is 8.78 Å². The van der Waals surface area contributed by atoms with Gasteiger partial charge in [-0.25, -0.2) is 8.78 Å². The lowest BCUT2D eigenvalue weighted by atomic mass is 9.69. The number of hydrogen-bond acceptors (Lipinski definition) is 1. The summed E-state index contributed by atoms with van der Waals surface area (Å²) in [5.74, 6) is -2.51. The summed E-state index contributed by atoms with van der Waals surface area (Å²) in [6.45, 7) is 1.98. The zero-order valence-corrected chi connectivity index (χ0v) is 8.98. The number of aryl methyl sites for hydroxylation is 1. The molecular formula is C12H15F2N. The lowest BCUT2D eigenvalue weighted by Crippen LogP contribution is -2.57. The van der Waals surface area contributed by atoms with Crippen LogP contribution in [0.3, 0.4) is 0 Å². The average molecular weight is 211 g/mol. The molecule has 1 fully saturated rings. The van der Waals surface area contributed by atoms with Crippen molar-refractivity contribution < 1.29 is 8.78 Å². The third-order valence-corrected chi connectivity index (χ3v) is 3.17. The molecule has 1 aliphatic rings. The first-order chi connectivity index (χ1) is 6.97. The van der Waals surface area contributed by atoms with Crippen molar-refractivity contribution in [3.8, 4) is 0 Å². The fourth-order valence-electron chi connectivity index (χ4n) is 2.30. The second kappa shape index (κ2) is 3.27. The van der Waals surface area contributed by atoms with E-state index in [2.05, 4.69) is 5.32 Å². The first-order valence-corrected chi connectivity index (χ1v) is 5.11. The molecule has 0 saturated heterocycles. The Labute approximate surface area is 88.5 Å². The molecule has 0 aromatic heterocycles. The van der Waals surface area contributed by atoms with Gasteiger partial charge >= 0.3 is 0 Å². The highest BCUT2D eigenvalue weighted by Gasteiger charge is 2.56. The van der Waals surface area contributed by atoms with Crippen LogP contribution in [0.1, 0.15) is 24.0 Å². The van der Waals surface area contributed by atoms with Gasteiger partial charge < -0.3 is 5.32 Å². The lowest BCUT2D eigenvalue weighted by Gasteiger charge is -2.47. The van der Waals surface area contributed by atoms with E-state index < -0.39 is 11.5 Å². The van der Waals surface area contributed by atoms with E-state index in [9.17, 15) is 8.78 Å². The Balaban J connectivity index is 2.29. The SMILES string of the molecule is CNC1(c2cccc(C)c2)CC(F)(F)C1. The number of benzene rings is 1. The van der Waals surface area contributed by atoms with Gasteiger partial charge in [0.25, 0.3) is 5.92 Å². The molecule has 0 atom stereocenters. The summed E-state index contributed by atoms with van der Waals surface area (Å²) in [6.07, 6.45) is -0.195. The predicted molar refractivity (Wildman–Crippen MR) is 56.1 cm³/mol. The summed E-state index contributed by atoms with van der Waals surface area (Å²) in [5, 5.41) is 3.03. The monoisotopic (exact) mass is 211 g/mol. The normalized spacial score (nSPS) is 22.1. The Morgan fingerprint density at radius 2 is 1.93 bits per heavy atom. The van der Waals surface area contributed by atoms with E-state index in [0.717, 1.165) is 11.1 Å². The number of alkyl halides is 2. The fraction of sp³-hybridized carbons (Fsp3) is 0.500. The van der Waals surface area contributed by atoms with Crippen LogP contribution in [0.2, 0.25) is 0 Å². The van der Waals surface area contributed by atoms with E-state index in [4.69, 9.17) is 0 Å². The van der Waals surface area contributed by atoms with Gasteiger partial charge in [0.2, 0.25) is 0 Å². The quantitative estimate of drug-likeness (QED) is 0.793. The predicted octanol–water partition coefficient (Wildman–Crippen LogP) is 2.84. The molecule has 1 nitrogen and oxygen atoms in total. The first-order valence-electron chi connectivity index (χ1n) is 5.11. The van der Waals surface area contributed by atoms with Crippen LogP contribution in [-0.2, 0) is 5.54 Å². The van der Waals surface area contributed by atoms with Crippen molar-refractivity contribution in [2.75, 3.05) is 7.05 Å². The smallest absolute Gasteiger partial charge is 0.252 e. The summed E-state index contributed by atoms with van der Waals surface area (Å²) in [5.41, 5.74) is 1.56. The molecule has 3 heteroatoms. The highest BCUT2D eigenvalue weighted by Crippen LogP contribution is 2.51. The second-order valence-electron chi connectivity index (χ2n) is 4.41. The van der Waals surface area contributed by atoms with Crippen molar-refractivity contribution in [3.63, 3.8) is 0 Å². The number of halogens is 2. The van der Waals surface area contributed by atoms with Crippen LogP contribution in [-0.4, -0.2) is 13.0 Å². The van der Waals surface area contributed by atoms with Crippen LogP contribution >= 0.6 is 0 Å². The van der Waals surface area contributed by atoms with Crippen LogP contribution in [0.5, 0.6) is 0 Å². The van der Waals surface area contributed by atoms with Crippen LogP contribution < -0.4 is 5.32 Å². The Bertz CT molecular complexity index is 366. The second-order valence-corrected chi connectivity index (χ2v) is 4.41. The Hall–Kier alpha value is -0.960. The van der Waals surface area contributed by atoms with Gasteiger partial charge in [0.1, 0.15) is 0 Å². The number of hydrogen-bond donors (Lipinski definition) is 1. The zero-order valence-electron chi connectivity index (χ0n) is 8.98. The van der Waals surface area contributed by atoms with Crippen molar-refractivity contribution in [3.05, 3.63) is 35.4 Å². The molecule has 0 aliphatic heterocycles. The Morgan fingerprint density at radius 3 is 2.40 bits per heavy atom. The van der Waals surface area contributed by atoms with Crippen molar-refractivity contribution in [2.45, 2.75) is 31.2 Å². The summed E-state index contributed by atoms with van der Waals surface area (Å²) in [6, 6.07) is 7.79. The molecular weight excluding hydrogens is 196 g/mol. The Kier molecular flexibility index (Phi) is 2.30. The van der Waals surface area contributed by atoms with Gasteiger partial charge in [-0.1, -0.05) is 29.8 Å². The van der Waals surface area contributed by atoms with Gasteiger partial charge in [-0.2, -0.15) is 0 Å². The van der Waals surface area contributed by atoms with Gasteiger partial charge in [-0.3, -0.25) is 0 Å². The Morgan fingerprint density at radius 1 is 1.27 bits per heavy atom. The molecule has 1 saturated carbocycles. The molecule has 15 heavy (non-hydrogen) atoms. The molecule has 0 unspecified atom stereocenters. The first kappa shape index (κ1) is 10.6. The summed E-state index contributed by atoms with van der Waals surface area (Å²) in [4.78, 5) is 0. The lowest BCUT2D eigenvalue weighted by molar-refractivity contribution is -0.135. The maximum atomic E-state index is 13.0. The van der Waals surface area contributed by atoms with Crippen molar-refractivity contribution in [1.82, 2.24) is 5.32 Å². The third kappa shape index (κ3) is 1.76. The fourth-order valence-corrected chi connectivity index (χ4v) is 2.30. The highest BCUT2D eigenvalue weighted by molar-refractivity contribution is 5.32. The number of nitrogens with one attached hydrogen (secondary N) is 1. The van der Waals surface area contributed by atoms with E-state index in [0.29, 0.717) is 0 Å². The van der Waals surface area contributed by atoms with Gasteiger partial charge in [0.15, 0.2) is 0 Å². The van der Waals surface area contributed by atoms with E-state index in [-0.39, 0.29) is 12.8 Å². The summed E-state index contributed by atoms with van der Waals surface area (Å²) in [7, 11) is 1.75. The minimum absolute atomic E-state index is 0.0973. The molecule has 0 heterocycles. The minimum atomic E-state index is -2.51. The number of rotatable bonds is 2. The van der Waals surface area contributed by atoms with E-state index in [1.165, 1.54) is 0 Å².